The van der Waals surface area contributed by atoms with Gasteiger partial charge in [-0.2, -0.15) is 5.26 Å². The Hall–Kier alpha value is -2.87. The zero-order chi connectivity index (χ0) is 15.2. The summed E-state index contributed by atoms with van der Waals surface area (Å²) in [5.74, 6) is -0.614. The fourth-order valence-electron chi connectivity index (χ4n) is 1.84. The lowest BCUT2D eigenvalue weighted by Crippen LogP contribution is -2.14. The Labute approximate surface area is 121 Å². The molecule has 1 amide bonds. The van der Waals surface area contributed by atoms with Crippen LogP contribution in [0.4, 0.5) is 10.1 Å². The van der Waals surface area contributed by atoms with E-state index < -0.39 is 5.82 Å². The average molecular weight is 284 g/mol. The maximum Gasteiger partial charge on any atom is 0.228 e. The van der Waals surface area contributed by atoms with Gasteiger partial charge in [-0.1, -0.05) is 6.07 Å². The molecule has 0 aliphatic carbocycles. The summed E-state index contributed by atoms with van der Waals surface area (Å²) in [6.45, 7) is 0. The molecule has 1 N–H and O–H groups in total. The second kappa shape index (κ2) is 6.53. The van der Waals surface area contributed by atoms with Crippen molar-refractivity contribution in [2.24, 2.45) is 0 Å². The second-order valence-electron chi connectivity index (χ2n) is 4.38. The highest BCUT2D eigenvalue weighted by Gasteiger charge is 2.08. The number of halogens is 1. The first-order valence-electron chi connectivity index (χ1n) is 6.25. The minimum Gasteiger partial charge on any atom is -0.494 e. The summed E-state index contributed by atoms with van der Waals surface area (Å²) in [4.78, 5) is 11.9. The number of anilines is 1. The molecular weight excluding hydrogens is 271 g/mol. The molecule has 0 bridgehead atoms. The van der Waals surface area contributed by atoms with Crippen molar-refractivity contribution in [3.63, 3.8) is 0 Å². The van der Waals surface area contributed by atoms with Crippen molar-refractivity contribution >= 4 is 11.6 Å². The van der Waals surface area contributed by atoms with Crippen molar-refractivity contribution < 1.29 is 13.9 Å². The molecule has 0 saturated heterocycles. The molecule has 5 heteroatoms. The van der Waals surface area contributed by atoms with Crippen LogP contribution in [0.5, 0.6) is 5.75 Å². The number of methoxy groups -OCH3 is 1. The van der Waals surface area contributed by atoms with Gasteiger partial charge in [0.1, 0.15) is 0 Å². The Morgan fingerprint density at radius 2 is 2.00 bits per heavy atom. The Balaban J connectivity index is 2.01. The van der Waals surface area contributed by atoms with Crippen LogP contribution in [0.2, 0.25) is 0 Å². The van der Waals surface area contributed by atoms with Gasteiger partial charge < -0.3 is 10.1 Å². The van der Waals surface area contributed by atoms with Crippen LogP contribution in [0.15, 0.2) is 42.5 Å². The molecule has 4 nitrogen and oxygen atoms in total. The summed E-state index contributed by atoms with van der Waals surface area (Å²) in [7, 11) is 1.38. The van der Waals surface area contributed by atoms with Crippen LogP contribution in [0.25, 0.3) is 0 Å². The normalized spacial score (nSPS) is 9.76. The van der Waals surface area contributed by atoms with E-state index in [1.54, 1.807) is 30.3 Å². The molecular formula is C16H13FN2O2. The molecule has 0 fully saturated rings. The number of benzene rings is 2. The van der Waals surface area contributed by atoms with Gasteiger partial charge in [0.15, 0.2) is 11.6 Å². The molecule has 0 radical (unpaired) electrons. The third-order valence-electron chi connectivity index (χ3n) is 2.88. The largest absolute Gasteiger partial charge is 0.494 e. The van der Waals surface area contributed by atoms with Crippen molar-refractivity contribution in [2.45, 2.75) is 6.42 Å². The first-order chi connectivity index (χ1) is 10.1. The molecule has 0 spiro atoms. The number of amides is 1. The maximum absolute atomic E-state index is 13.5. The number of hydrogen-bond donors (Lipinski definition) is 1. The van der Waals surface area contributed by atoms with Crippen LogP contribution in [0.1, 0.15) is 11.1 Å². The predicted molar refractivity (Wildman–Crippen MR) is 76.4 cm³/mol. The molecule has 106 valence electrons. The van der Waals surface area contributed by atoms with E-state index in [1.165, 1.54) is 19.2 Å². The molecule has 0 aliphatic heterocycles. The first-order valence-corrected chi connectivity index (χ1v) is 6.25. The van der Waals surface area contributed by atoms with E-state index in [9.17, 15) is 9.18 Å². The third-order valence-corrected chi connectivity index (χ3v) is 2.88. The molecule has 0 aliphatic rings. The summed E-state index contributed by atoms with van der Waals surface area (Å²) in [6.07, 6.45) is 0.0565. The highest BCUT2D eigenvalue weighted by Crippen LogP contribution is 2.18. The standard InChI is InChI=1S/C16H13FN2O2/c1-21-15-7-4-12(8-14(15)17)9-16(20)19-13-5-2-11(10-18)3-6-13/h2-8H,9H2,1H3,(H,19,20). The Morgan fingerprint density at radius 1 is 1.29 bits per heavy atom. The van der Waals surface area contributed by atoms with Crippen molar-refractivity contribution in [1.29, 1.82) is 5.26 Å². The Kier molecular flexibility index (Phi) is 4.52. The minimum atomic E-state index is -0.499. The zero-order valence-electron chi connectivity index (χ0n) is 11.4. The number of nitrogens with one attached hydrogen (secondary N) is 1. The summed E-state index contributed by atoms with van der Waals surface area (Å²) in [5, 5.41) is 11.4. The molecule has 21 heavy (non-hydrogen) atoms. The van der Waals surface area contributed by atoms with Gasteiger partial charge in [0, 0.05) is 5.69 Å². The monoisotopic (exact) mass is 284 g/mol. The molecule has 2 aromatic carbocycles. The molecule has 0 unspecified atom stereocenters. The summed E-state index contributed by atoms with van der Waals surface area (Å²) in [6, 6.07) is 12.9. The van der Waals surface area contributed by atoms with E-state index in [-0.39, 0.29) is 18.1 Å². The van der Waals surface area contributed by atoms with Crippen molar-refractivity contribution in [3.05, 3.63) is 59.4 Å². The van der Waals surface area contributed by atoms with E-state index in [1.807, 2.05) is 6.07 Å². The SMILES string of the molecule is COc1ccc(CC(=O)Nc2ccc(C#N)cc2)cc1F. The van der Waals surface area contributed by atoms with Crippen LogP contribution in [-0.2, 0) is 11.2 Å². The number of carbonyl (C=O) groups excluding carboxylic acids is 1. The van der Waals surface area contributed by atoms with Crippen LogP contribution in [0.3, 0.4) is 0 Å². The van der Waals surface area contributed by atoms with Crippen molar-refractivity contribution in [1.82, 2.24) is 0 Å². The van der Waals surface area contributed by atoms with E-state index in [0.717, 1.165) is 0 Å². The van der Waals surface area contributed by atoms with Crippen molar-refractivity contribution in [3.8, 4) is 11.8 Å². The molecule has 0 atom stereocenters. The number of nitrogens with zero attached hydrogens (tertiary/aromatic N) is 1. The highest BCUT2D eigenvalue weighted by atomic mass is 19.1. The van der Waals surface area contributed by atoms with Crippen LogP contribution < -0.4 is 10.1 Å². The van der Waals surface area contributed by atoms with Gasteiger partial charge in [-0.3, -0.25) is 4.79 Å². The third kappa shape index (κ3) is 3.80. The van der Waals surface area contributed by atoms with Gasteiger partial charge in [0.25, 0.3) is 0 Å². The molecule has 2 aromatic rings. The smallest absolute Gasteiger partial charge is 0.228 e. The number of carbonyl (C=O) groups is 1. The Morgan fingerprint density at radius 3 is 2.57 bits per heavy atom. The minimum absolute atomic E-state index is 0.0565. The van der Waals surface area contributed by atoms with Crippen LogP contribution in [0, 0.1) is 17.1 Å². The van der Waals surface area contributed by atoms with Gasteiger partial charge in [-0.05, 0) is 42.0 Å². The molecule has 2 rings (SSSR count). The van der Waals surface area contributed by atoms with E-state index >= 15 is 0 Å². The number of rotatable bonds is 4. The molecule has 0 aromatic heterocycles. The summed E-state index contributed by atoms with van der Waals surface area (Å²) < 4.78 is 18.3. The highest BCUT2D eigenvalue weighted by molar-refractivity contribution is 5.92. The van der Waals surface area contributed by atoms with Crippen molar-refractivity contribution in [2.75, 3.05) is 12.4 Å². The van der Waals surface area contributed by atoms with Gasteiger partial charge in [-0.25, -0.2) is 4.39 Å². The van der Waals surface area contributed by atoms with Crippen LogP contribution in [-0.4, -0.2) is 13.0 Å². The fourth-order valence-corrected chi connectivity index (χ4v) is 1.84. The lowest BCUT2D eigenvalue weighted by molar-refractivity contribution is -0.115. The lowest BCUT2D eigenvalue weighted by Gasteiger charge is -2.07. The fraction of sp³-hybridized carbons (Fsp3) is 0.125. The Bertz CT molecular complexity index is 690. The maximum atomic E-state index is 13.5. The quantitative estimate of drug-likeness (QED) is 0.939. The van der Waals surface area contributed by atoms with E-state index in [4.69, 9.17) is 10.00 Å². The molecule has 0 saturated carbocycles. The zero-order valence-corrected chi connectivity index (χ0v) is 11.4. The lowest BCUT2D eigenvalue weighted by atomic mass is 10.1. The predicted octanol–water partition coefficient (Wildman–Crippen LogP) is 2.89. The van der Waals surface area contributed by atoms with Gasteiger partial charge >= 0.3 is 0 Å². The summed E-state index contributed by atoms with van der Waals surface area (Å²) >= 11 is 0. The molecule has 0 heterocycles. The summed E-state index contributed by atoms with van der Waals surface area (Å²) in [5.41, 5.74) is 1.66. The first kappa shape index (κ1) is 14.5. The van der Waals surface area contributed by atoms with Gasteiger partial charge in [-0.15, -0.1) is 0 Å². The topological polar surface area (TPSA) is 62.1 Å². The van der Waals surface area contributed by atoms with E-state index in [0.29, 0.717) is 16.8 Å². The van der Waals surface area contributed by atoms with Gasteiger partial charge in [0.05, 0.1) is 25.2 Å². The van der Waals surface area contributed by atoms with Crippen LogP contribution >= 0.6 is 0 Å². The second-order valence-corrected chi connectivity index (χ2v) is 4.38. The van der Waals surface area contributed by atoms with E-state index in [2.05, 4.69) is 5.32 Å². The number of nitriles is 1. The number of hydrogen-bond acceptors (Lipinski definition) is 3. The number of ether oxygens (including phenoxy) is 1. The average Bonchev–Trinajstić information content (AvgIpc) is 2.48. The van der Waals surface area contributed by atoms with Gasteiger partial charge in [0.2, 0.25) is 5.91 Å².